The van der Waals surface area contributed by atoms with Gasteiger partial charge in [-0.1, -0.05) is 54.1 Å². The van der Waals surface area contributed by atoms with E-state index < -0.39 is 18.0 Å². The van der Waals surface area contributed by atoms with E-state index in [1.54, 1.807) is 36.4 Å². The number of rotatable bonds is 5. The summed E-state index contributed by atoms with van der Waals surface area (Å²) in [6.07, 6.45) is -1.12. The van der Waals surface area contributed by atoms with Crippen LogP contribution >= 0.6 is 0 Å². The third-order valence-corrected chi connectivity index (χ3v) is 3.97. The number of phenols is 1. The van der Waals surface area contributed by atoms with Crippen LogP contribution < -0.4 is 5.32 Å². The molecule has 0 spiro atoms. The number of aryl methyl sites for hydroxylation is 1. The lowest BCUT2D eigenvalue weighted by Crippen LogP contribution is -2.26. The van der Waals surface area contributed by atoms with Crippen molar-refractivity contribution in [2.75, 3.05) is 5.32 Å². The highest BCUT2D eigenvalue weighted by molar-refractivity contribution is 5.98. The van der Waals surface area contributed by atoms with E-state index in [1.165, 1.54) is 24.3 Å². The Balaban J connectivity index is 1.83. The Morgan fingerprint density at radius 3 is 2.30 bits per heavy atom. The normalized spacial score (nSPS) is 11.4. The predicted molar refractivity (Wildman–Crippen MR) is 103 cm³/mol. The van der Waals surface area contributed by atoms with Gasteiger partial charge in [0, 0.05) is 11.3 Å². The zero-order valence-electron chi connectivity index (χ0n) is 14.8. The number of amides is 1. The Morgan fingerprint density at radius 2 is 1.63 bits per heavy atom. The number of benzene rings is 3. The van der Waals surface area contributed by atoms with E-state index in [-0.39, 0.29) is 11.3 Å². The van der Waals surface area contributed by atoms with Gasteiger partial charge in [-0.15, -0.1) is 0 Å². The number of esters is 1. The van der Waals surface area contributed by atoms with Gasteiger partial charge in [-0.2, -0.15) is 0 Å². The summed E-state index contributed by atoms with van der Waals surface area (Å²) in [6, 6.07) is 21.9. The number of hydrogen-bond acceptors (Lipinski definition) is 4. The molecule has 5 nitrogen and oxygen atoms in total. The standard InChI is InChI=1S/C22H19NO4/c1-15-10-12-18(13-11-15)23-21(25)20(16-6-3-2-4-7-16)27-22(26)17-8-5-9-19(24)14-17/h2-14,20,24H,1H3,(H,23,25)/t20-/m0/s1. The van der Waals surface area contributed by atoms with E-state index in [1.807, 2.05) is 25.1 Å². The minimum absolute atomic E-state index is 0.0511. The summed E-state index contributed by atoms with van der Waals surface area (Å²) in [5.74, 6) is -1.21. The zero-order valence-corrected chi connectivity index (χ0v) is 14.8. The molecule has 0 radical (unpaired) electrons. The summed E-state index contributed by atoms with van der Waals surface area (Å²) in [6.45, 7) is 1.95. The van der Waals surface area contributed by atoms with Crippen molar-refractivity contribution in [3.05, 3.63) is 95.6 Å². The molecule has 1 amide bonds. The van der Waals surface area contributed by atoms with Gasteiger partial charge in [0.2, 0.25) is 6.10 Å². The SMILES string of the molecule is Cc1ccc(NC(=O)[C@@H](OC(=O)c2cccc(O)c2)c2ccccc2)cc1. The number of carbonyl (C=O) groups is 2. The van der Waals surface area contributed by atoms with Gasteiger partial charge in [-0.3, -0.25) is 4.79 Å². The molecule has 0 saturated heterocycles. The average molecular weight is 361 g/mol. The molecule has 0 bridgehead atoms. The van der Waals surface area contributed by atoms with Gasteiger partial charge < -0.3 is 15.2 Å². The van der Waals surface area contributed by atoms with E-state index in [9.17, 15) is 14.7 Å². The van der Waals surface area contributed by atoms with E-state index in [2.05, 4.69) is 5.32 Å². The Morgan fingerprint density at radius 1 is 0.926 bits per heavy atom. The van der Waals surface area contributed by atoms with Crippen molar-refractivity contribution < 1.29 is 19.4 Å². The first-order valence-electron chi connectivity index (χ1n) is 8.45. The van der Waals surface area contributed by atoms with Crippen LogP contribution in [0.15, 0.2) is 78.9 Å². The third kappa shape index (κ3) is 4.73. The van der Waals surface area contributed by atoms with Gasteiger partial charge in [-0.05, 0) is 37.3 Å². The fraction of sp³-hybridized carbons (Fsp3) is 0.0909. The highest BCUT2D eigenvalue weighted by atomic mass is 16.5. The number of nitrogens with one attached hydrogen (secondary N) is 1. The Bertz CT molecular complexity index is 936. The van der Waals surface area contributed by atoms with E-state index in [0.29, 0.717) is 11.3 Å². The first kappa shape index (κ1) is 18.2. The molecule has 1 atom stereocenters. The molecule has 0 saturated carbocycles. The van der Waals surface area contributed by atoms with Crippen molar-refractivity contribution in [2.45, 2.75) is 13.0 Å². The molecule has 0 unspecified atom stereocenters. The fourth-order valence-corrected chi connectivity index (χ4v) is 2.55. The molecule has 136 valence electrons. The van der Waals surface area contributed by atoms with Crippen molar-refractivity contribution in [3.8, 4) is 5.75 Å². The summed E-state index contributed by atoms with van der Waals surface area (Å²) in [7, 11) is 0. The van der Waals surface area contributed by atoms with Crippen molar-refractivity contribution in [2.24, 2.45) is 0 Å². The third-order valence-electron chi connectivity index (χ3n) is 3.97. The smallest absolute Gasteiger partial charge is 0.339 e. The summed E-state index contributed by atoms with van der Waals surface area (Å²) in [5, 5.41) is 12.3. The average Bonchev–Trinajstić information content (AvgIpc) is 2.68. The molecule has 0 aromatic heterocycles. The summed E-state index contributed by atoms with van der Waals surface area (Å²) >= 11 is 0. The van der Waals surface area contributed by atoms with Crippen LogP contribution in [0.4, 0.5) is 5.69 Å². The van der Waals surface area contributed by atoms with Crippen LogP contribution in [-0.2, 0) is 9.53 Å². The van der Waals surface area contributed by atoms with Crippen LogP contribution in [0.3, 0.4) is 0 Å². The first-order chi connectivity index (χ1) is 13.0. The quantitative estimate of drug-likeness (QED) is 0.667. The van der Waals surface area contributed by atoms with Crippen molar-refractivity contribution in [1.82, 2.24) is 0 Å². The highest BCUT2D eigenvalue weighted by Crippen LogP contribution is 2.23. The molecule has 0 aliphatic carbocycles. The first-order valence-corrected chi connectivity index (χ1v) is 8.45. The number of anilines is 1. The predicted octanol–water partition coefficient (Wildman–Crippen LogP) is 4.24. The molecule has 3 aromatic rings. The van der Waals surface area contributed by atoms with Crippen molar-refractivity contribution in [1.29, 1.82) is 0 Å². The molecule has 2 N–H and O–H groups in total. The molecule has 27 heavy (non-hydrogen) atoms. The maximum Gasteiger partial charge on any atom is 0.339 e. The maximum atomic E-state index is 12.8. The lowest BCUT2D eigenvalue weighted by molar-refractivity contribution is -0.125. The lowest BCUT2D eigenvalue weighted by Gasteiger charge is -2.18. The number of phenolic OH excluding ortho intramolecular Hbond substituents is 1. The number of carbonyl (C=O) groups excluding carboxylic acids is 2. The van der Waals surface area contributed by atoms with Crippen LogP contribution in [0.25, 0.3) is 0 Å². The van der Waals surface area contributed by atoms with Crippen LogP contribution in [0, 0.1) is 6.92 Å². The number of ether oxygens (including phenoxy) is 1. The second kappa shape index (κ2) is 8.19. The Hall–Kier alpha value is -3.60. The Labute approximate surface area is 157 Å². The van der Waals surface area contributed by atoms with E-state index >= 15 is 0 Å². The molecule has 0 aliphatic rings. The van der Waals surface area contributed by atoms with Gasteiger partial charge in [-0.25, -0.2) is 4.79 Å². The van der Waals surface area contributed by atoms with Crippen molar-refractivity contribution >= 4 is 17.6 Å². The summed E-state index contributed by atoms with van der Waals surface area (Å²) in [4.78, 5) is 25.3. The van der Waals surface area contributed by atoms with Gasteiger partial charge in [0.25, 0.3) is 5.91 Å². The minimum atomic E-state index is -1.12. The second-order valence-corrected chi connectivity index (χ2v) is 6.10. The minimum Gasteiger partial charge on any atom is -0.508 e. The van der Waals surface area contributed by atoms with Crippen LogP contribution in [0.5, 0.6) is 5.75 Å². The monoisotopic (exact) mass is 361 g/mol. The molecular formula is C22H19NO4. The van der Waals surface area contributed by atoms with Crippen LogP contribution in [0.1, 0.15) is 27.6 Å². The van der Waals surface area contributed by atoms with Gasteiger partial charge in [0.15, 0.2) is 0 Å². The Kier molecular flexibility index (Phi) is 5.52. The molecule has 0 aliphatic heterocycles. The molecule has 3 aromatic carbocycles. The number of aromatic hydroxyl groups is 1. The largest absolute Gasteiger partial charge is 0.508 e. The molecule has 0 fully saturated rings. The molecule has 0 heterocycles. The van der Waals surface area contributed by atoms with Gasteiger partial charge in [0.05, 0.1) is 5.56 Å². The fourth-order valence-electron chi connectivity index (χ4n) is 2.55. The highest BCUT2D eigenvalue weighted by Gasteiger charge is 2.26. The topological polar surface area (TPSA) is 75.6 Å². The summed E-state index contributed by atoms with van der Waals surface area (Å²) < 4.78 is 5.47. The van der Waals surface area contributed by atoms with Crippen LogP contribution in [0.2, 0.25) is 0 Å². The maximum absolute atomic E-state index is 12.8. The number of hydrogen-bond donors (Lipinski definition) is 2. The van der Waals surface area contributed by atoms with Gasteiger partial charge >= 0.3 is 5.97 Å². The van der Waals surface area contributed by atoms with E-state index in [4.69, 9.17) is 4.74 Å². The van der Waals surface area contributed by atoms with Crippen LogP contribution in [-0.4, -0.2) is 17.0 Å². The van der Waals surface area contributed by atoms with E-state index in [0.717, 1.165) is 5.56 Å². The second-order valence-electron chi connectivity index (χ2n) is 6.10. The summed E-state index contributed by atoms with van der Waals surface area (Å²) in [5.41, 5.74) is 2.40. The van der Waals surface area contributed by atoms with Gasteiger partial charge in [0.1, 0.15) is 5.75 Å². The molecule has 3 rings (SSSR count). The zero-order chi connectivity index (χ0) is 19.2. The van der Waals surface area contributed by atoms with Crippen molar-refractivity contribution in [3.63, 3.8) is 0 Å². The lowest BCUT2D eigenvalue weighted by atomic mass is 10.1. The molecule has 5 heteroatoms. The molecular weight excluding hydrogens is 342 g/mol.